The van der Waals surface area contributed by atoms with Crippen LogP contribution in [0, 0.1) is 12.7 Å². The first-order valence-electron chi connectivity index (χ1n) is 11.1. The topological polar surface area (TPSA) is 71.2 Å². The maximum absolute atomic E-state index is 13.3. The quantitative estimate of drug-likeness (QED) is 0.615. The van der Waals surface area contributed by atoms with Crippen LogP contribution in [0.15, 0.2) is 48.5 Å². The average molecular weight is 437 g/mol. The molecule has 168 valence electrons. The minimum atomic E-state index is -0.765. The molecule has 1 aliphatic rings. The summed E-state index contributed by atoms with van der Waals surface area (Å²) < 4.78 is 14.9. The first-order chi connectivity index (χ1) is 15.3. The molecule has 0 saturated carbocycles. The van der Waals surface area contributed by atoms with Crippen molar-refractivity contribution in [1.82, 2.24) is 19.7 Å². The van der Waals surface area contributed by atoms with E-state index in [1.165, 1.54) is 12.1 Å². The number of carbonyl (C=O) groups is 1. The van der Waals surface area contributed by atoms with Crippen molar-refractivity contribution < 1.29 is 14.3 Å². The Morgan fingerprint density at radius 3 is 2.62 bits per heavy atom. The van der Waals surface area contributed by atoms with Gasteiger partial charge in [0.1, 0.15) is 11.6 Å². The van der Waals surface area contributed by atoms with E-state index in [0.717, 1.165) is 24.1 Å². The Morgan fingerprint density at radius 2 is 1.91 bits per heavy atom. The maximum Gasteiger partial charge on any atom is 0.293 e. The van der Waals surface area contributed by atoms with Gasteiger partial charge in [0.05, 0.1) is 11.8 Å². The van der Waals surface area contributed by atoms with Crippen LogP contribution in [0.4, 0.5) is 4.39 Å². The number of aliphatic hydroxyl groups excluding tert-OH is 1. The molecule has 1 fully saturated rings. The van der Waals surface area contributed by atoms with Crippen molar-refractivity contribution in [2.45, 2.75) is 58.1 Å². The lowest BCUT2D eigenvalue weighted by Crippen LogP contribution is -2.37. The van der Waals surface area contributed by atoms with Crippen LogP contribution >= 0.6 is 0 Å². The zero-order chi connectivity index (χ0) is 22.8. The van der Waals surface area contributed by atoms with E-state index in [4.69, 9.17) is 0 Å². The number of halogens is 1. The predicted octanol–water partition coefficient (Wildman–Crippen LogP) is 4.57. The van der Waals surface area contributed by atoms with Crippen LogP contribution in [-0.2, 0) is 0 Å². The van der Waals surface area contributed by atoms with Gasteiger partial charge in [-0.2, -0.15) is 0 Å². The number of hydrogen-bond donors (Lipinski definition) is 1. The van der Waals surface area contributed by atoms with Gasteiger partial charge in [0.2, 0.25) is 5.82 Å². The lowest BCUT2D eigenvalue weighted by molar-refractivity contribution is 0.0655. The Labute approximate surface area is 187 Å². The zero-order valence-corrected chi connectivity index (χ0v) is 18.7. The molecule has 4 rings (SSSR count). The molecule has 2 heterocycles. The van der Waals surface area contributed by atoms with Crippen LogP contribution < -0.4 is 0 Å². The van der Waals surface area contributed by atoms with Crippen LogP contribution in [0.2, 0.25) is 0 Å². The van der Waals surface area contributed by atoms with Crippen molar-refractivity contribution in [2.24, 2.45) is 0 Å². The molecule has 1 saturated heterocycles. The van der Waals surface area contributed by atoms with Gasteiger partial charge >= 0.3 is 0 Å². The monoisotopic (exact) mass is 436 g/mol. The number of para-hydroxylation sites is 1. The summed E-state index contributed by atoms with van der Waals surface area (Å²) in [5, 5.41) is 15.2. The van der Waals surface area contributed by atoms with Crippen LogP contribution in [0.5, 0.6) is 0 Å². The molecule has 32 heavy (non-hydrogen) atoms. The number of amides is 1. The number of benzene rings is 2. The maximum atomic E-state index is 13.3. The highest BCUT2D eigenvalue weighted by atomic mass is 19.1. The number of hydrogen-bond acceptors (Lipinski definition) is 4. The summed E-state index contributed by atoms with van der Waals surface area (Å²) in [6.45, 7) is 6.70. The smallest absolute Gasteiger partial charge is 0.293 e. The fourth-order valence-corrected chi connectivity index (χ4v) is 4.43. The number of aromatic nitrogens is 3. The third-order valence-electron chi connectivity index (χ3n) is 6.14. The highest BCUT2D eigenvalue weighted by Gasteiger charge is 2.33. The summed E-state index contributed by atoms with van der Waals surface area (Å²) in [5.41, 5.74) is 2.71. The van der Waals surface area contributed by atoms with Crippen molar-refractivity contribution in [2.75, 3.05) is 6.54 Å². The second-order valence-corrected chi connectivity index (χ2v) is 8.71. The third kappa shape index (κ3) is 4.43. The zero-order valence-electron chi connectivity index (χ0n) is 18.7. The number of aliphatic hydroxyl groups is 1. The van der Waals surface area contributed by atoms with Gasteiger partial charge in [-0.25, -0.2) is 14.1 Å². The Balaban J connectivity index is 1.54. The van der Waals surface area contributed by atoms with E-state index in [2.05, 4.69) is 30.0 Å². The highest BCUT2D eigenvalue weighted by molar-refractivity contribution is 5.91. The molecule has 2 aromatic carbocycles. The second-order valence-electron chi connectivity index (χ2n) is 8.71. The molecule has 1 N–H and O–H groups in total. The SMILES string of the molecule is Cc1nc(C(=O)N2CCCC2CC(O)c2ccc(F)cc2)nn1-c1ccccc1C(C)C. The summed E-state index contributed by atoms with van der Waals surface area (Å²) in [6, 6.07) is 13.7. The lowest BCUT2D eigenvalue weighted by Gasteiger charge is -2.25. The van der Waals surface area contributed by atoms with E-state index in [9.17, 15) is 14.3 Å². The van der Waals surface area contributed by atoms with Gasteiger partial charge in [0, 0.05) is 12.6 Å². The van der Waals surface area contributed by atoms with Crippen molar-refractivity contribution >= 4 is 5.91 Å². The number of aryl methyl sites for hydroxylation is 1. The summed E-state index contributed by atoms with van der Waals surface area (Å²) in [6.07, 6.45) is 1.30. The molecule has 0 radical (unpaired) electrons. The molecule has 2 atom stereocenters. The predicted molar refractivity (Wildman–Crippen MR) is 120 cm³/mol. The second kappa shape index (κ2) is 9.20. The normalized spacial score (nSPS) is 17.2. The fraction of sp³-hybridized carbons (Fsp3) is 0.400. The largest absolute Gasteiger partial charge is 0.388 e. The Kier molecular flexibility index (Phi) is 6.37. The van der Waals surface area contributed by atoms with E-state index < -0.39 is 6.10 Å². The molecule has 0 spiro atoms. The van der Waals surface area contributed by atoms with E-state index in [-0.39, 0.29) is 23.6 Å². The number of nitrogens with zero attached hydrogens (tertiary/aromatic N) is 4. The molecule has 1 aromatic heterocycles. The van der Waals surface area contributed by atoms with Crippen molar-refractivity contribution in [3.05, 3.63) is 77.1 Å². The van der Waals surface area contributed by atoms with Gasteiger partial charge in [-0.3, -0.25) is 4.79 Å². The van der Waals surface area contributed by atoms with Gasteiger partial charge in [-0.1, -0.05) is 44.2 Å². The van der Waals surface area contributed by atoms with Crippen molar-refractivity contribution in [3.63, 3.8) is 0 Å². The van der Waals surface area contributed by atoms with Crippen molar-refractivity contribution in [3.8, 4) is 5.69 Å². The van der Waals surface area contributed by atoms with Crippen LogP contribution in [0.1, 0.15) is 72.7 Å². The molecule has 3 aromatic rings. The van der Waals surface area contributed by atoms with Crippen LogP contribution in [-0.4, -0.2) is 43.3 Å². The molecular formula is C25H29FN4O2. The van der Waals surface area contributed by atoms with Crippen LogP contribution in [0.25, 0.3) is 5.69 Å². The summed E-state index contributed by atoms with van der Waals surface area (Å²) in [7, 11) is 0. The Hall–Kier alpha value is -3.06. The Morgan fingerprint density at radius 1 is 1.19 bits per heavy atom. The molecule has 6 nitrogen and oxygen atoms in total. The molecule has 1 amide bonds. The number of carbonyl (C=O) groups excluding carboxylic acids is 1. The summed E-state index contributed by atoms with van der Waals surface area (Å²) >= 11 is 0. The standard InChI is InChI=1S/C25H29FN4O2/c1-16(2)21-8-4-5-9-22(21)30-17(3)27-24(28-30)25(32)29-14-6-7-20(29)15-23(31)18-10-12-19(26)13-11-18/h4-5,8-13,16,20,23,31H,6-7,14-15H2,1-3H3. The molecule has 2 unspecified atom stereocenters. The Bertz CT molecular complexity index is 1090. The third-order valence-corrected chi connectivity index (χ3v) is 6.14. The van der Waals surface area contributed by atoms with Gasteiger partial charge in [0.25, 0.3) is 5.91 Å². The first-order valence-corrected chi connectivity index (χ1v) is 11.1. The van der Waals surface area contributed by atoms with E-state index >= 15 is 0 Å². The van der Waals surface area contributed by atoms with Gasteiger partial charge in [-0.05, 0) is 61.4 Å². The summed E-state index contributed by atoms with van der Waals surface area (Å²) in [5.74, 6) is 0.579. The van der Waals surface area contributed by atoms with E-state index in [0.29, 0.717) is 30.3 Å². The van der Waals surface area contributed by atoms with Gasteiger partial charge < -0.3 is 10.0 Å². The molecular weight excluding hydrogens is 407 g/mol. The average Bonchev–Trinajstić information content (AvgIpc) is 3.40. The molecule has 0 bridgehead atoms. The van der Waals surface area contributed by atoms with Gasteiger partial charge in [0.15, 0.2) is 0 Å². The van der Waals surface area contributed by atoms with E-state index in [1.807, 2.05) is 25.1 Å². The molecule has 1 aliphatic heterocycles. The fourth-order valence-electron chi connectivity index (χ4n) is 4.43. The minimum Gasteiger partial charge on any atom is -0.388 e. The summed E-state index contributed by atoms with van der Waals surface area (Å²) in [4.78, 5) is 19.5. The first kappa shape index (κ1) is 22.1. The number of likely N-dealkylation sites (tertiary alicyclic amines) is 1. The number of rotatable bonds is 6. The highest BCUT2D eigenvalue weighted by Crippen LogP contribution is 2.29. The van der Waals surface area contributed by atoms with E-state index in [1.54, 1.807) is 21.7 Å². The van der Waals surface area contributed by atoms with Gasteiger partial charge in [-0.15, -0.1) is 5.10 Å². The molecule has 0 aliphatic carbocycles. The lowest BCUT2D eigenvalue weighted by atomic mass is 10.0. The minimum absolute atomic E-state index is 0.113. The van der Waals surface area contributed by atoms with Crippen LogP contribution in [0.3, 0.4) is 0 Å². The van der Waals surface area contributed by atoms with Crippen molar-refractivity contribution in [1.29, 1.82) is 0 Å². The molecule has 7 heteroatoms.